The van der Waals surface area contributed by atoms with Crippen molar-refractivity contribution in [1.82, 2.24) is 4.57 Å². The Labute approximate surface area is 234 Å². The monoisotopic (exact) mass is 559 g/mol. The first kappa shape index (κ1) is 29.8. The highest BCUT2D eigenvalue weighted by Crippen LogP contribution is 2.39. The molecule has 1 aromatic heterocycles. The molecule has 2 aromatic rings. The number of benzene rings is 1. The zero-order chi connectivity index (χ0) is 28.8. The molecule has 0 amide bonds. The van der Waals surface area contributed by atoms with Crippen molar-refractivity contribution in [1.29, 1.82) is 0 Å². The van der Waals surface area contributed by atoms with Crippen molar-refractivity contribution in [3.05, 3.63) is 34.1 Å². The predicted molar refractivity (Wildman–Crippen MR) is 152 cm³/mol. The molecule has 2 aliphatic rings. The number of carbonyl (C=O) groups is 2. The number of carboxylic acids is 1. The van der Waals surface area contributed by atoms with Gasteiger partial charge in [0.25, 0.3) is 0 Å². The fourth-order valence-electron chi connectivity index (χ4n) is 5.02. The van der Waals surface area contributed by atoms with Crippen molar-refractivity contribution >= 4 is 34.2 Å². The van der Waals surface area contributed by atoms with Crippen molar-refractivity contribution in [2.75, 3.05) is 63.9 Å². The third-order valence-corrected chi connectivity index (χ3v) is 7.43. The van der Waals surface area contributed by atoms with Crippen LogP contribution in [-0.2, 0) is 23.7 Å². The molecule has 1 saturated carbocycles. The molecular formula is C29H41N3O8. The van der Waals surface area contributed by atoms with Gasteiger partial charge in [0, 0.05) is 44.9 Å². The number of aromatic nitrogens is 1. The highest BCUT2D eigenvalue weighted by molar-refractivity contribution is 5.96. The minimum atomic E-state index is -1.22. The quantitative estimate of drug-likeness (QED) is 0.263. The molecule has 2 heterocycles. The van der Waals surface area contributed by atoms with E-state index in [0.717, 1.165) is 36.2 Å². The largest absolute Gasteiger partial charge is 0.477 e. The van der Waals surface area contributed by atoms with Gasteiger partial charge < -0.3 is 38.8 Å². The molecule has 1 aromatic carbocycles. The lowest BCUT2D eigenvalue weighted by molar-refractivity contribution is -0.170. The molecule has 0 bridgehead atoms. The first-order valence-electron chi connectivity index (χ1n) is 14.0. The van der Waals surface area contributed by atoms with Gasteiger partial charge in [-0.3, -0.25) is 9.59 Å². The fraction of sp³-hybridized carbons (Fsp3) is 0.621. The Morgan fingerprint density at radius 1 is 1.10 bits per heavy atom. The second kappa shape index (κ2) is 13.5. The smallest absolute Gasteiger partial charge is 0.341 e. The number of hydrogen-bond donors (Lipinski definition) is 2. The SMILES string of the molecule is C[C@@H]1OCC[C@H](C)[C@H]1OC(=O)CCOCCOCCNc1cc2c(=O)c(C(=O)O)cn(C3CC3)c2cc1N(C)C. The summed E-state index contributed by atoms with van der Waals surface area (Å²) in [7, 11) is 3.84. The lowest BCUT2D eigenvalue weighted by Crippen LogP contribution is -2.41. The van der Waals surface area contributed by atoms with E-state index in [4.69, 9.17) is 18.9 Å². The molecule has 2 N–H and O–H groups in total. The normalized spacial score (nSPS) is 20.9. The fourth-order valence-corrected chi connectivity index (χ4v) is 5.02. The van der Waals surface area contributed by atoms with Gasteiger partial charge in [0.2, 0.25) is 5.43 Å². The maximum absolute atomic E-state index is 13.0. The van der Waals surface area contributed by atoms with Crippen LogP contribution < -0.4 is 15.6 Å². The summed E-state index contributed by atoms with van der Waals surface area (Å²) in [4.78, 5) is 38.8. The van der Waals surface area contributed by atoms with Gasteiger partial charge in [0.15, 0.2) is 0 Å². The van der Waals surface area contributed by atoms with Gasteiger partial charge >= 0.3 is 11.9 Å². The number of carbonyl (C=O) groups excluding carboxylic acids is 1. The Bertz CT molecular complexity index is 1250. The van der Waals surface area contributed by atoms with Gasteiger partial charge in [0.1, 0.15) is 11.7 Å². The zero-order valence-corrected chi connectivity index (χ0v) is 23.8. The first-order chi connectivity index (χ1) is 19.2. The van der Waals surface area contributed by atoms with Crippen molar-refractivity contribution in [3.8, 4) is 0 Å². The molecule has 11 nitrogen and oxygen atoms in total. The number of esters is 1. The maximum atomic E-state index is 13.0. The average Bonchev–Trinajstić information content (AvgIpc) is 3.75. The number of fused-ring (bicyclic) bond motifs is 1. The molecule has 0 spiro atoms. The van der Waals surface area contributed by atoms with Crippen LogP contribution in [0.15, 0.2) is 23.1 Å². The van der Waals surface area contributed by atoms with Crippen molar-refractivity contribution in [2.45, 2.75) is 57.8 Å². The Morgan fingerprint density at radius 2 is 1.82 bits per heavy atom. The summed E-state index contributed by atoms with van der Waals surface area (Å²) in [6.07, 6.45) is 4.16. The molecule has 0 unspecified atom stereocenters. The zero-order valence-electron chi connectivity index (χ0n) is 23.8. The number of anilines is 2. The Morgan fingerprint density at radius 3 is 2.48 bits per heavy atom. The lowest BCUT2D eigenvalue weighted by atomic mass is 9.95. The number of aromatic carboxylic acids is 1. The molecule has 4 rings (SSSR count). The molecule has 1 saturated heterocycles. The summed E-state index contributed by atoms with van der Waals surface area (Å²) in [5, 5.41) is 13.3. The van der Waals surface area contributed by atoms with E-state index in [1.807, 2.05) is 36.6 Å². The van der Waals surface area contributed by atoms with Gasteiger partial charge in [-0.2, -0.15) is 0 Å². The lowest BCUT2D eigenvalue weighted by Gasteiger charge is -2.33. The van der Waals surface area contributed by atoms with Crippen LogP contribution in [0.2, 0.25) is 0 Å². The van der Waals surface area contributed by atoms with Gasteiger partial charge in [-0.05, 0) is 44.2 Å². The highest BCUT2D eigenvalue weighted by atomic mass is 16.6. The van der Waals surface area contributed by atoms with Gasteiger partial charge in [-0.15, -0.1) is 0 Å². The van der Waals surface area contributed by atoms with Crippen LogP contribution >= 0.6 is 0 Å². The molecule has 11 heteroatoms. The maximum Gasteiger partial charge on any atom is 0.341 e. The van der Waals surface area contributed by atoms with Gasteiger partial charge in [-0.25, -0.2) is 4.79 Å². The summed E-state index contributed by atoms with van der Waals surface area (Å²) in [5.41, 5.74) is 1.65. The summed E-state index contributed by atoms with van der Waals surface area (Å²) < 4.78 is 24.3. The summed E-state index contributed by atoms with van der Waals surface area (Å²) in [5.74, 6) is -1.23. The van der Waals surface area contributed by atoms with E-state index >= 15 is 0 Å². The number of nitrogens with zero attached hydrogens (tertiary/aromatic N) is 2. The van der Waals surface area contributed by atoms with Crippen LogP contribution in [0.5, 0.6) is 0 Å². The van der Waals surface area contributed by atoms with E-state index in [1.165, 1.54) is 6.20 Å². The minimum Gasteiger partial charge on any atom is -0.477 e. The van der Waals surface area contributed by atoms with Gasteiger partial charge in [-0.1, -0.05) is 6.92 Å². The summed E-state index contributed by atoms with van der Waals surface area (Å²) in [6.45, 7) is 6.56. The highest BCUT2D eigenvalue weighted by Gasteiger charge is 2.31. The topological polar surface area (TPSA) is 129 Å². The van der Waals surface area contributed by atoms with E-state index in [0.29, 0.717) is 38.4 Å². The van der Waals surface area contributed by atoms with Crippen LogP contribution in [0, 0.1) is 5.92 Å². The summed E-state index contributed by atoms with van der Waals surface area (Å²) >= 11 is 0. The Kier molecular flexibility index (Phi) is 10.0. The van der Waals surface area contributed by atoms with Crippen molar-refractivity contribution in [2.24, 2.45) is 5.92 Å². The van der Waals surface area contributed by atoms with Crippen LogP contribution in [0.4, 0.5) is 11.4 Å². The van der Waals surface area contributed by atoms with Crippen LogP contribution in [0.3, 0.4) is 0 Å². The molecular weight excluding hydrogens is 518 g/mol. The van der Waals surface area contributed by atoms with E-state index in [9.17, 15) is 19.5 Å². The van der Waals surface area contributed by atoms with E-state index in [2.05, 4.69) is 12.2 Å². The number of rotatable bonds is 14. The van der Waals surface area contributed by atoms with Crippen molar-refractivity contribution in [3.63, 3.8) is 0 Å². The molecule has 2 fully saturated rings. The number of nitrogens with one attached hydrogen (secondary N) is 1. The van der Waals surface area contributed by atoms with Crippen molar-refractivity contribution < 1.29 is 33.6 Å². The van der Waals surface area contributed by atoms with E-state index < -0.39 is 11.4 Å². The summed E-state index contributed by atoms with van der Waals surface area (Å²) in [6, 6.07) is 3.89. The molecule has 3 atom stereocenters. The third kappa shape index (κ3) is 7.32. The number of carboxylic acid groups (broad SMARTS) is 1. The van der Waals surface area contributed by atoms with E-state index in [-0.39, 0.29) is 48.7 Å². The second-order valence-electron chi connectivity index (χ2n) is 10.8. The molecule has 220 valence electrons. The minimum absolute atomic E-state index is 0.0947. The number of ether oxygens (including phenoxy) is 4. The molecule has 0 radical (unpaired) electrons. The standard InChI is InChI=1S/C29H41N3O8/c1-18-7-11-39-19(2)28(18)40-26(33)8-10-37-13-14-38-12-9-30-23-15-21-24(16-25(23)31(3)4)32(20-5-6-20)17-22(27(21)34)29(35)36/h15-20,28,30H,5-14H2,1-4H3,(H,35,36)/t18-,19-,28+/m0/s1. The van der Waals surface area contributed by atoms with E-state index in [1.54, 1.807) is 6.07 Å². The number of pyridine rings is 1. The molecule has 40 heavy (non-hydrogen) atoms. The second-order valence-corrected chi connectivity index (χ2v) is 10.8. The first-order valence-corrected chi connectivity index (χ1v) is 14.0. The number of hydrogen-bond acceptors (Lipinski definition) is 9. The predicted octanol–water partition coefficient (Wildman–Crippen LogP) is 3.29. The van der Waals surface area contributed by atoms with Gasteiger partial charge in [0.05, 0.1) is 55.8 Å². The van der Waals surface area contributed by atoms with Crippen LogP contribution in [0.1, 0.15) is 55.9 Å². The Balaban J connectivity index is 1.23. The third-order valence-electron chi connectivity index (χ3n) is 7.43. The molecule has 1 aliphatic carbocycles. The average molecular weight is 560 g/mol. The molecule has 1 aliphatic heterocycles. The van der Waals surface area contributed by atoms with Crippen LogP contribution in [0.25, 0.3) is 10.9 Å². The Hall–Kier alpha value is -3.15. The van der Waals surface area contributed by atoms with Crippen LogP contribution in [-0.4, -0.2) is 87.5 Å².